The summed E-state index contributed by atoms with van der Waals surface area (Å²) in [6, 6.07) is 6.10. The lowest BCUT2D eigenvalue weighted by atomic mass is 10.2. The van der Waals surface area contributed by atoms with Gasteiger partial charge in [-0.2, -0.15) is 5.10 Å². The molecule has 0 atom stereocenters. The number of rotatable bonds is 1. The molecule has 1 aliphatic heterocycles. The second kappa shape index (κ2) is 3.52. The average molecular weight is 215 g/mol. The fourth-order valence-corrected chi connectivity index (χ4v) is 1.94. The first-order chi connectivity index (χ1) is 7.84. The molecule has 0 bridgehead atoms. The number of anilines is 1. The molecule has 0 saturated carbocycles. The topological polar surface area (TPSA) is 54.2 Å². The van der Waals surface area contributed by atoms with E-state index in [1.807, 2.05) is 30.1 Å². The van der Waals surface area contributed by atoms with Gasteiger partial charge in [-0.3, -0.25) is 9.67 Å². The molecule has 5 heteroatoms. The summed E-state index contributed by atoms with van der Waals surface area (Å²) in [5.74, 6) is 0.841. The number of fused-ring (bicyclic) bond motifs is 1. The van der Waals surface area contributed by atoms with Crippen LogP contribution in [-0.4, -0.2) is 28.8 Å². The summed E-state index contributed by atoms with van der Waals surface area (Å²) in [6.07, 6.45) is 1.87. The molecule has 0 radical (unpaired) electrons. The molecule has 82 valence electrons. The van der Waals surface area contributed by atoms with Gasteiger partial charge in [-0.15, -0.1) is 0 Å². The molecule has 0 amide bonds. The van der Waals surface area contributed by atoms with Gasteiger partial charge in [0.1, 0.15) is 0 Å². The predicted octanol–water partition coefficient (Wildman–Crippen LogP) is 0.944. The van der Waals surface area contributed by atoms with Crippen LogP contribution in [0.5, 0.6) is 0 Å². The third kappa shape index (κ3) is 1.41. The summed E-state index contributed by atoms with van der Waals surface area (Å²) in [4.78, 5) is 4.32. The number of hydrogen-bond acceptors (Lipinski definition) is 4. The zero-order chi connectivity index (χ0) is 11.0. The van der Waals surface area contributed by atoms with Crippen molar-refractivity contribution in [3.63, 3.8) is 0 Å². The zero-order valence-corrected chi connectivity index (χ0v) is 9.07. The van der Waals surface area contributed by atoms with Crippen LogP contribution in [0, 0.1) is 0 Å². The highest BCUT2D eigenvalue weighted by molar-refractivity contribution is 6.02. The van der Waals surface area contributed by atoms with Gasteiger partial charge in [0.15, 0.2) is 5.96 Å². The number of aryl methyl sites for hydroxylation is 1. The molecule has 0 saturated heterocycles. The van der Waals surface area contributed by atoms with Crippen LogP contribution in [-0.2, 0) is 7.05 Å². The van der Waals surface area contributed by atoms with Gasteiger partial charge in [-0.1, -0.05) is 12.1 Å². The Balaban J connectivity index is 2.05. The number of aliphatic imine (C=N–C) groups is 1. The number of guanidine groups is 1. The largest absolute Gasteiger partial charge is 0.354 e. The van der Waals surface area contributed by atoms with Gasteiger partial charge >= 0.3 is 0 Å². The second-order valence-corrected chi connectivity index (χ2v) is 3.79. The van der Waals surface area contributed by atoms with Gasteiger partial charge in [0.25, 0.3) is 0 Å². The van der Waals surface area contributed by atoms with E-state index in [9.17, 15) is 0 Å². The van der Waals surface area contributed by atoms with Crippen LogP contribution in [0.4, 0.5) is 5.69 Å². The number of aromatic nitrogens is 2. The minimum Gasteiger partial charge on any atom is -0.354 e. The molecular formula is C11H13N5. The van der Waals surface area contributed by atoms with Crippen molar-refractivity contribution >= 4 is 22.5 Å². The third-order valence-electron chi connectivity index (χ3n) is 2.69. The predicted molar refractivity (Wildman–Crippen MR) is 64.6 cm³/mol. The van der Waals surface area contributed by atoms with Crippen molar-refractivity contribution in [2.24, 2.45) is 12.0 Å². The Morgan fingerprint density at radius 1 is 1.44 bits per heavy atom. The van der Waals surface area contributed by atoms with Crippen LogP contribution >= 0.6 is 0 Å². The van der Waals surface area contributed by atoms with Gasteiger partial charge in [0.2, 0.25) is 0 Å². The molecule has 2 N–H and O–H groups in total. The quantitative estimate of drug-likeness (QED) is 0.744. The van der Waals surface area contributed by atoms with Crippen molar-refractivity contribution in [1.82, 2.24) is 15.1 Å². The van der Waals surface area contributed by atoms with Gasteiger partial charge in [0.05, 0.1) is 23.9 Å². The highest BCUT2D eigenvalue weighted by Crippen LogP contribution is 2.22. The van der Waals surface area contributed by atoms with Crippen LogP contribution in [0.2, 0.25) is 0 Å². The van der Waals surface area contributed by atoms with Crippen LogP contribution in [0.3, 0.4) is 0 Å². The number of nitrogens with zero attached hydrogens (tertiary/aromatic N) is 3. The monoisotopic (exact) mass is 215 g/mol. The number of nitrogens with one attached hydrogen (secondary N) is 2. The van der Waals surface area contributed by atoms with Crippen molar-refractivity contribution in [3.05, 3.63) is 24.4 Å². The van der Waals surface area contributed by atoms with Gasteiger partial charge < -0.3 is 10.6 Å². The molecule has 1 aliphatic rings. The highest BCUT2D eigenvalue weighted by atomic mass is 15.3. The summed E-state index contributed by atoms with van der Waals surface area (Å²) in [5.41, 5.74) is 2.13. The molecule has 1 aromatic carbocycles. The minimum absolute atomic E-state index is 0.837. The number of para-hydroxylation sites is 1. The summed E-state index contributed by atoms with van der Waals surface area (Å²) >= 11 is 0. The van der Waals surface area contributed by atoms with E-state index in [2.05, 4.69) is 26.8 Å². The van der Waals surface area contributed by atoms with E-state index in [1.165, 1.54) is 0 Å². The molecule has 2 heterocycles. The number of benzene rings is 1. The van der Waals surface area contributed by atoms with Crippen molar-refractivity contribution in [3.8, 4) is 0 Å². The van der Waals surface area contributed by atoms with E-state index in [4.69, 9.17) is 0 Å². The highest BCUT2D eigenvalue weighted by Gasteiger charge is 2.09. The minimum atomic E-state index is 0.837. The Kier molecular flexibility index (Phi) is 2.02. The van der Waals surface area contributed by atoms with E-state index < -0.39 is 0 Å². The average Bonchev–Trinajstić information content (AvgIpc) is 2.90. The number of hydrogen-bond donors (Lipinski definition) is 2. The van der Waals surface area contributed by atoms with Crippen LogP contribution < -0.4 is 10.6 Å². The first-order valence-electron chi connectivity index (χ1n) is 5.31. The third-order valence-corrected chi connectivity index (χ3v) is 2.69. The van der Waals surface area contributed by atoms with Crippen LogP contribution in [0.15, 0.2) is 29.4 Å². The van der Waals surface area contributed by atoms with Gasteiger partial charge in [-0.05, 0) is 6.07 Å². The first kappa shape index (κ1) is 9.21. The smallest absolute Gasteiger partial charge is 0.195 e. The fraction of sp³-hybridized carbons (Fsp3) is 0.273. The lowest BCUT2D eigenvalue weighted by Gasteiger charge is -2.08. The summed E-state index contributed by atoms with van der Waals surface area (Å²) < 4.78 is 1.87. The van der Waals surface area contributed by atoms with Gasteiger partial charge in [-0.25, -0.2) is 0 Å². The second-order valence-electron chi connectivity index (χ2n) is 3.79. The molecule has 16 heavy (non-hydrogen) atoms. The van der Waals surface area contributed by atoms with Crippen molar-refractivity contribution in [2.45, 2.75) is 0 Å². The molecule has 1 aromatic heterocycles. The van der Waals surface area contributed by atoms with Crippen molar-refractivity contribution in [1.29, 1.82) is 0 Å². The van der Waals surface area contributed by atoms with E-state index in [-0.39, 0.29) is 0 Å². The zero-order valence-electron chi connectivity index (χ0n) is 9.07. The first-order valence-corrected chi connectivity index (χ1v) is 5.31. The lowest BCUT2D eigenvalue weighted by molar-refractivity contribution is 0.797. The van der Waals surface area contributed by atoms with Crippen molar-refractivity contribution < 1.29 is 0 Å². The summed E-state index contributed by atoms with van der Waals surface area (Å²) in [7, 11) is 1.94. The van der Waals surface area contributed by atoms with Crippen LogP contribution in [0.1, 0.15) is 0 Å². The van der Waals surface area contributed by atoms with E-state index >= 15 is 0 Å². The van der Waals surface area contributed by atoms with Crippen LogP contribution in [0.25, 0.3) is 10.9 Å². The molecular weight excluding hydrogens is 202 g/mol. The Morgan fingerprint density at radius 2 is 2.38 bits per heavy atom. The van der Waals surface area contributed by atoms with Gasteiger partial charge in [0, 0.05) is 19.0 Å². The maximum absolute atomic E-state index is 4.32. The molecule has 0 fully saturated rings. The maximum Gasteiger partial charge on any atom is 0.195 e. The van der Waals surface area contributed by atoms with E-state index in [1.54, 1.807) is 0 Å². The molecule has 0 spiro atoms. The maximum atomic E-state index is 4.32. The molecule has 3 rings (SSSR count). The SMILES string of the molecule is Cn1ncc2cccc(NC3=NCCN3)c21. The normalized spacial score (nSPS) is 14.9. The summed E-state index contributed by atoms with van der Waals surface area (Å²) in [5, 5.41) is 11.9. The Bertz CT molecular complexity index is 555. The Hall–Kier alpha value is -2.04. The molecule has 0 aliphatic carbocycles. The lowest BCUT2D eigenvalue weighted by Crippen LogP contribution is -2.26. The van der Waals surface area contributed by atoms with E-state index in [0.29, 0.717) is 0 Å². The van der Waals surface area contributed by atoms with Crippen molar-refractivity contribution in [2.75, 3.05) is 18.4 Å². The molecule has 2 aromatic rings. The molecule has 5 nitrogen and oxygen atoms in total. The summed E-state index contributed by atoms with van der Waals surface area (Å²) in [6.45, 7) is 1.74. The standard InChI is InChI=1S/C11H13N5/c1-16-10-8(7-14-16)3-2-4-9(10)15-11-12-5-6-13-11/h2-4,7H,5-6H2,1H3,(H2,12,13,15). The fourth-order valence-electron chi connectivity index (χ4n) is 1.94. The Labute approximate surface area is 93.2 Å². The van der Waals surface area contributed by atoms with E-state index in [0.717, 1.165) is 35.6 Å². The Morgan fingerprint density at radius 3 is 3.19 bits per heavy atom. The molecule has 0 unspecified atom stereocenters.